The molecule has 16 heavy (non-hydrogen) atoms. The summed E-state index contributed by atoms with van der Waals surface area (Å²) in [4.78, 5) is 23.8. The summed E-state index contributed by atoms with van der Waals surface area (Å²) in [6.07, 6.45) is 1.39. The summed E-state index contributed by atoms with van der Waals surface area (Å²) < 4.78 is 0. The zero-order valence-electron chi connectivity index (χ0n) is 8.38. The Morgan fingerprint density at radius 1 is 1.69 bits per heavy atom. The third kappa shape index (κ3) is 1.65. The van der Waals surface area contributed by atoms with E-state index in [0.717, 1.165) is 6.20 Å². The standard InChI is InChI=1S/C9H11N3O4/c13-4-5-1-7(14)12(3-5)8-6(9(15)16)2-10-11-8/h2,5,13H,1,3-4H2,(H,10,11)(H,15,16). The molecule has 2 rings (SSSR count). The maximum absolute atomic E-state index is 11.6. The maximum Gasteiger partial charge on any atom is 0.341 e. The van der Waals surface area contributed by atoms with Crippen LogP contribution in [0.15, 0.2) is 6.20 Å². The number of aromatic carboxylic acids is 1. The Morgan fingerprint density at radius 3 is 3.00 bits per heavy atom. The van der Waals surface area contributed by atoms with E-state index in [1.165, 1.54) is 4.90 Å². The average Bonchev–Trinajstić information content (AvgIpc) is 2.82. The highest BCUT2D eigenvalue weighted by molar-refractivity contribution is 6.01. The molecule has 1 aliphatic rings. The Kier molecular flexibility index (Phi) is 2.61. The molecular formula is C9H11N3O4. The van der Waals surface area contributed by atoms with Crippen LogP contribution in [0.25, 0.3) is 0 Å². The van der Waals surface area contributed by atoms with Gasteiger partial charge in [0.05, 0.1) is 6.20 Å². The van der Waals surface area contributed by atoms with Crippen LogP contribution in [0.2, 0.25) is 0 Å². The van der Waals surface area contributed by atoms with Gasteiger partial charge < -0.3 is 10.2 Å². The fourth-order valence-electron chi connectivity index (χ4n) is 1.76. The fourth-order valence-corrected chi connectivity index (χ4v) is 1.76. The minimum Gasteiger partial charge on any atom is -0.477 e. The number of hydrogen-bond donors (Lipinski definition) is 3. The van der Waals surface area contributed by atoms with Crippen molar-refractivity contribution >= 4 is 17.7 Å². The van der Waals surface area contributed by atoms with Gasteiger partial charge in [0.25, 0.3) is 0 Å². The lowest BCUT2D eigenvalue weighted by molar-refractivity contribution is -0.117. The highest BCUT2D eigenvalue weighted by Gasteiger charge is 2.33. The highest BCUT2D eigenvalue weighted by atomic mass is 16.4. The number of aliphatic hydroxyl groups excluding tert-OH is 1. The van der Waals surface area contributed by atoms with Gasteiger partial charge in [-0.2, -0.15) is 5.10 Å². The third-order valence-electron chi connectivity index (χ3n) is 2.58. The number of H-pyrrole nitrogens is 1. The van der Waals surface area contributed by atoms with Crippen molar-refractivity contribution in [1.82, 2.24) is 10.2 Å². The molecule has 1 aromatic heterocycles. The van der Waals surface area contributed by atoms with E-state index in [9.17, 15) is 9.59 Å². The highest BCUT2D eigenvalue weighted by Crippen LogP contribution is 2.25. The Balaban J connectivity index is 2.28. The van der Waals surface area contributed by atoms with Crippen LogP contribution in [0.1, 0.15) is 16.8 Å². The number of hydrogen-bond acceptors (Lipinski definition) is 4. The average molecular weight is 225 g/mol. The van der Waals surface area contributed by atoms with Crippen molar-refractivity contribution in [1.29, 1.82) is 0 Å². The molecular weight excluding hydrogens is 214 g/mol. The smallest absolute Gasteiger partial charge is 0.341 e. The number of carboxylic acids is 1. The van der Waals surface area contributed by atoms with Gasteiger partial charge in [0, 0.05) is 25.5 Å². The van der Waals surface area contributed by atoms with Gasteiger partial charge in [-0.25, -0.2) is 4.79 Å². The number of nitrogens with zero attached hydrogens (tertiary/aromatic N) is 2. The van der Waals surface area contributed by atoms with Crippen molar-refractivity contribution in [3.63, 3.8) is 0 Å². The van der Waals surface area contributed by atoms with E-state index in [0.29, 0.717) is 6.54 Å². The van der Waals surface area contributed by atoms with Crippen LogP contribution in [0.5, 0.6) is 0 Å². The van der Waals surface area contributed by atoms with Crippen molar-refractivity contribution in [2.45, 2.75) is 6.42 Å². The Hall–Kier alpha value is -1.89. The lowest BCUT2D eigenvalue weighted by Gasteiger charge is -2.14. The predicted octanol–water partition coefficient (Wildman–Crippen LogP) is -0.547. The van der Waals surface area contributed by atoms with E-state index < -0.39 is 5.97 Å². The number of aliphatic hydroxyl groups is 1. The molecule has 1 aromatic rings. The molecule has 1 amide bonds. The first kappa shape index (κ1) is 10.6. The van der Waals surface area contributed by atoms with Crippen LogP contribution in [-0.4, -0.2) is 45.4 Å². The summed E-state index contributed by atoms with van der Waals surface area (Å²) in [6.45, 7) is 0.233. The van der Waals surface area contributed by atoms with Gasteiger partial charge in [-0.1, -0.05) is 0 Å². The van der Waals surface area contributed by atoms with Crippen LogP contribution in [0.4, 0.5) is 5.82 Å². The maximum atomic E-state index is 11.6. The molecule has 0 aliphatic carbocycles. The molecule has 0 radical (unpaired) electrons. The molecule has 1 fully saturated rings. The molecule has 86 valence electrons. The van der Waals surface area contributed by atoms with E-state index in [1.807, 2.05) is 0 Å². The number of aromatic amines is 1. The Morgan fingerprint density at radius 2 is 2.44 bits per heavy atom. The number of carboxylic acid groups (broad SMARTS) is 1. The summed E-state index contributed by atoms with van der Waals surface area (Å²) in [6, 6.07) is 0. The fraction of sp³-hybridized carbons (Fsp3) is 0.444. The normalized spacial score (nSPS) is 20.4. The number of anilines is 1. The number of carbonyl (C=O) groups excluding carboxylic acids is 1. The number of nitrogens with one attached hydrogen (secondary N) is 1. The van der Waals surface area contributed by atoms with E-state index in [1.54, 1.807) is 0 Å². The molecule has 1 unspecified atom stereocenters. The minimum absolute atomic E-state index is 0.0352. The minimum atomic E-state index is -1.14. The van der Waals surface area contributed by atoms with Gasteiger partial charge in [0.2, 0.25) is 5.91 Å². The molecule has 2 heterocycles. The summed E-state index contributed by atoms with van der Waals surface area (Å²) >= 11 is 0. The van der Waals surface area contributed by atoms with Gasteiger partial charge in [0.1, 0.15) is 11.4 Å². The lowest BCUT2D eigenvalue weighted by atomic mass is 10.1. The van der Waals surface area contributed by atoms with Gasteiger partial charge in [-0.15, -0.1) is 0 Å². The van der Waals surface area contributed by atoms with Crippen molar-refractivity contribution in [3.05, 3.63) is 11.8 Å². The molecule has 0 spiro atoms. The van der Waals surface area contributed by atoms with Crippen LogP contribution in [-0.2, 0) is 4.79 Å². The summed E-state index contributed by atoms with van der Waals surface area (Å²) in [5.41, 5.74) is -0.0352. The second-order valence-corrected chi connectivity index (χ2v) is 3.69. The molecule has 7 nitrogen and oxygen atoms in total. The zero-order valence-corrected chi connectivity index (χ0v) is 8.38. The zero-order chi connectivity index (χ0) is 11.7. The number of aromatic nitrogens is 2. The van der Waals surface area contributed by atoms with Crippen LogP contribution < -0.4 is 4.90 Å². The topological polar surface area (TPSA) is 107 Å². The molecule has 3 N–H and O–H groups in total. The Bertz CT molecular complexity index is 428. The molecule has 7 heteroatoms. The first-order valence-corrected chi connectivity index (χ1v) is 4.81. The molecule has 1 atom stereocenters. The predicted molar refractivity (Wildman–Crippen MR) is 53.1 cm³/mol. The van der Waals surface area contributed by atoms with E-state index in [2.05, 4.69) is 10.2 Å². The number of carbonyl (C=O) groups is 2. The summed E-state index contributed by atoms with van der Waals surface area (Å²) in [5.74, 6) is -1.29. The second kappa shape index (κ2) is 3.93. The molecule has 0 aromatic carbocycles. The van der Waals surface area contributed by atoms with E-state index in [-0.39, 0.29) is 36.2 Å². The first-order chi connectivity index (χ1) is 7.63. The molecule has 1 saturated heterocycles. The first-order valence-electron chi connectivity index (χ1n) is 4.81. The summed E-state index contributed by atoms with van der Waals surface area (Å²) in [7, 11) is 0. The van der Waals surface area contributed by atoms with Gasteiger partial charge in [-0.05, 0) is 0 Å². The molecule has 1 aliphatic heterocycles. The van der Waals surface area contributed by atoms with Gasteiger partial charge in [0.15, 0.2) is 0 Å². The molecule has 0 saturated carbocycles. The van der Waals surface area contributed by atoms with Crippen LogP contribution in [0, 0.1) is 5.92 Å². The largest absolute Gasteiger partial charge is 0.477 e. The monoisotopic (exact) mass is 225 g/mol. The van der Waals surface area contributed by atoms with Crippen LogP contribution in [0.3, 0.4) is 0 Å². The quantitative estimate of drug-likeness (QED) is 0.640. The van der Waals surface area contributed by atoms with E-state index in [4.69, 9.17) is 10.2 Å². The second-order valence-electron chi connectivity index (χ2n) is 3.69. The number of amides is 1. The SMILES string of the molecule is O=C(O)c1cn[nH]c1N1CC(CO)CC1=O. The van der Waals surface area contributed by atoms with Gasteiger partial charge >= 0.3 is 5.97 Å². The number of rotatable bonds is 3. The Labute approximate surface area is 90.7 Å². The van der Waals surface area contributed by atoms with Crippen molar-refractivity contribution in [3.8, 4) is 0 Å². The lowest BCUT2D eigenvalue weighted by Crippen LogP contribution is -2.27. The van der Waals surface area contributed by atoms with Crippen molar-refractivity contribution in [2.24, 2.45) is 5.92 Å². The van der Waals surface area contributed by atoms with Crippen molar-refractivity contribution < 1.29 is 19.8 Å². The summed E-state index contributed by atoms with van der Waals surface area (Å²) in [5, 5.41) is 23.9. The van der Waals surface area contributed by atoms with Crippen molar-refractivity contribution in [2.75, 3.05) is 18.1 Å². The van der Waals surface area contributed by atoms with Gasteiger partial charge in [-0.3, -0.25) is 14.8 Å². The molecule has 0 bridgehead atoms. The van der Waals surface area contributed by atoms with E-state index >= 15 is 0 Å². The van der Waals surface area contributed by atoms with Crippen LogP contribution >= 0.6 is 0 Å². The third-order valence-corrected chi connectivity index (χ3v) is 2.58.